The smallest absolute Gasteiger partial charge is 0.335 e. The van der Waals surface area contributed by atoms with E-state index in [1.165, 1.54) is 12.1 Å². The van der Waals surface area contributed by atoms with Crippen molar-refractivity contribution in [2.45, 2.75) is 6.92 Å². The molecule has 0 aliphatic carbocycles. The van der Waals surface area contributed by atoms with Crippen molar-refractivity contribution < 1.29 is 19.5 Å². The molecule has 1 N–H and O–H groups in total. The third kappa shape index (κ3) is 1.90. The van der Waals surface area contributed by atoms with Crippen molar-refractivity contribution in [2.24, 2.45) is 0 Å². The number of nitrogens with zero attached hydrogens (tertiary/aromatic N) is 1. The summed E-state index contributed by atoms with van der Waals surface area (Å²) in [6.07, 6.45) is 0. The Morgan fingerprint density at radius 3 is 2.10 bits per heavy atom. The van der Waals surface area contributed by atoms with E-state index in [1.54, 1.807) is 37.3 Å². The molecule has 21 heavy (non-hydrogen) atoms. The number of rotatable bonds is 2. The standard InChI is InChI=1S/C16H11NO4/c1-9-6-7-10(16(20)21)8-13(9)17-14(18)11-4-2-3-5-12(11)15(17)19/h2-8H,1H3,(H,20,21). The number of imide groups is 1. The quantitative estimate of drug-likeness (QED) is 0.858. The number of anilines is 1. The molecule has 0 saturated carbocycles. The van der Waals surface area contributed by atoms with Gasteiger partial charge in [-0.2, -0.15) is 0 Å². The lowest BCUT2D eigenvalue weighted by atomic mass is 10.1. The molecular weight excluding hydrogens is 270 g/mol. The summed E-state index contributed by atoms with van der Waals surface area (Å²) in [5.74, 6) is -1.96. The monoisotopic (exact) mass is 281 g/mol. The van der Waals surface area contributed by atoms with Crippen LogP contribution in [0.25, 0.3) is 0 Å². The van der Waals surface area contributed by atoms with Crippen LogP contribution in [0.15, 0.2) is 42.5 Å². The molecule has 2 aromatic rings. The van der Waals surface area contributed by atoms with Crippen LogP contribution in [-0.2, 0) is 0 Å². The van der Waals surface area contributed by atoms with Crippen LogP contribution in [0, 0.1) is 6.92 Å². The van der Waals surface area contributed by atoms with Crippen LogP contribution < -0.4 is 4.90 Å². The Kier molecular flexibility index (Phi) is 2.83. The molecule has 2 aromatic carbocycles. The molecule has 0 spiro atoms. The highest BCUT2D eigenvalue weighted by Gasteiger charge is 2.37. The van der Waals surface area contributed by atoms with Crippen molar-refractivity contribution in [1.82, 2.24) is 0 Å². The van der Waals surface area contributed by atoms with Gasteiger partial charge in [0.15, 0.2) is 0 Å². The summed E-state index contributed by atoms with van der Waals surface area (Å²) < 4.78 is 0. The first kappa shape index (κ1) is 13.1. The summed E-state index contributed by atoms with van der Waals surface area (Å²) in [7, 11) is 0. The van der Waals surface area contributed by atoms with Crippen molar-refractivity contribution in [1.29, 1.82) is 0 Å². The Balaban J connectivity index is 2.15. The molecule has 0 atom stereocenters. The van der Waals surface area contributed by atoms with Crippen molar-refractivity contribution in [3.8, 4) is 0 Å². The first-order chi connectivity index (χ1) is 10.0. The zero-order valence-electron chi connectivity index (χ0n) is 11.2. The third-order valence-electron chi connectivity index (χ3n) is 3.49. The molecule has 0 unspecified atom stereocenters. The van der Waals surface area contributed by atoms with Gasteiger partial charge in [0.25, 0.3) is 11.8 Å². The molecule has 1 heterocycles. The van der Waals surface area contributed by atoms with E-state index in [4.69, 9.17) is 5.11 Å². The molecule has 0 saturated heterocycles. The number of carbonyl (C=O) groups excluding carboxylic acids is 2. The van der Waals surface area contributed by atoms with Gasteiger partial charge < -0.3 is 5.11 Å². The maximum Gasteiger partial charge on any atom is 0.335 e. The highest BCUT2D eigenvalue weighted by Crippen LogP contribution is 2.31. The lowest BCUT2D eigenvalue weighted by molar-refractivity contribution is 0.0695. The summed E-state index contributed by atoms with van der Waals surface area (Å²) >= 11 is 0. The molecular formula is C16H11NO4. The van der Waals surface area contributed by atoms with Crippen LogP contribution in [0.3, 0.4) is 0 Å². The molecule has 0 aromatic heterocycles. The van der Waals surface area contributed by atoms with E-state index < -0.39 is 17.8 Å². The second-order valence-electron chi connectivity index (χ2n) is 4.80. The highest BCUT2D eigenvalue weighted by molar-refractivity contribution is 6.34. The van der Waals surface area contributed by atoms with Crippen LogP contribution in [0.1, 0.15) is 36.6 Å². The summed E-state index contributed by atoms with van der Waals surface area (Å²) in [4.78, 5) is 36.9. The Morgan fingerprint density at radius 1 is 1.00 bits per heavy atom. The molecule has 3 rings (SSSR count). The van der Waals surface area contributed by atoms with E-state index in [1.807, 2.05) is 0 Å². The van der Waals surface area contributed by atoms with Gasteiger partial charge in [-0.25, -0.2) is 9.69 Å². The van der Waals surface area contributed by atoms with E-state index >= 15 is 0 Å². The molecule has 5 nitrogen and oxygen atoms in total. The highest BCUT2D eigenvalue weighted by atomic mass is 16.4. The molecule has 104 valence electrons. The average Bonchev–Trinajstić information content (AvgIpc) is 2.72. The Labute approximate surface area is 120 Å². The summed E-state index contributed by atoms with van der Waals surface area (Å²) in [5, 5.41) is 9.06. The Morgan fingerprint density at radius 2 is 1.57 bits per heavy atom. The van der Waals surface area contributed by atoms with E-state index in [0.29, 0.717) is 22.4 Å². The van der Waals surface area contributed by atoms with Gasteiger partial charge in [0.1, 0.15) is 0 Å². The minimum Gasteiger partial charge on any atom is -0.478 e. The number of aryl methyl sites for hydroxylation is 1. The number of hydrogen-bond acceptors (Lipinski definition) is 3. The van der Waals surface area contributed by atoms with Crippen molar-refractivity contribution >= 4 is 23.5 Å². The minimum absolute atomic E-state index is 0.0344. The molecule has 0 radical (unpaired) electrons. The molecule has 0 fully saturated rings. The summed E-state index contributed by atoms with van der Waals surface area (Å²) in [5.41, 5.74) is 1.67. The van der Waals surface area contributed by atoms with E-state index in [9.17, 15) is 14.4 Å². The van der Waals surface area contributed by atoms with Crippen LogP contribution in [0.4, 0.5) is 5.69 Å². The van der Waals surface area contributed by atoms with Gasteiger partial charge in [-0.1, -0.05) is 18.2 Å². The lowest BCUT2D eigenvalue weighted by Gasteiger charge is -2.17. The van der Waals surface area contributed by atoms with Crippen molar-refractivity contribution in [3.63, 3.8) is 0 Å². The van der Waals surface area contributed by atoms with Gasteiger partial charge in [-0.3, -0.25) is 9.59 Å². The number of fused-ring (bicyclic) bond motifs is 1. The summed E-state index contributed by atoms with van der Waals surface area (Å²) in [6, 6.07) is 10.9. The summed E-state index contributed by atoms with van der Waals surface area (Å²) in [6.45, 7) is 1.73. The fourth-order valence-electron chi connectivity index (χ4n) is 2.39. The largest absolute Gasteiger partial charge is 0.478 e. The number of amides is 2. The third-order valence-corrected chi connectivity index (χ3v) is 3.49. The van der Waals surface area contributed by atoms with Crippen LogP contribution in [0.2, 0.25) is 0 Å². The number of carboxylic acid groups (broad SMARTS) is 1. The van der Waals surface area contributed by atoms with Crippen molar-refractivity contribution in [2.75, 3.05) is 4.90 Å². The second-order valence-corrected chi connectivity index (χ2v) is 4.80. The lowest BCUT2D eigenvalue weighted by Crippen LogP contribution is -2.30. The van der Waals surface area contributed by atoms with E-state index in [0.717, 1.165) is 4.90 Å². The van der Waals surface area contributed by atoms with Crippen molar-refractivity contribution in [3.05, 3.63) is 64.7 Å². The maximum absolute atomic E-state index is 12.4. The first-order valence-electron chi connectivity index (χ1n) is 6.32. The average molecular weight is 281 g/mol. The molecule has 5 heteroatoms. The number of carbonyl (C=O) groups is 3. The molecule has 2 amide bonds. The fourth-order valence-corrected chi connectivity index (χ4v) is 2.39. The van der Waals surface area contributed by atoms with E-state index in [2.05, 4.69) is 0 Å². The van der Waals surface area contributed by atoms with Gasteiger partial charge in [-0.05, 0) is 36.8 Å². The van der Waals surface area contributed by atoms with Crippen LogP contribution in [-0.4, -0.2) is 22.9 Å². The molecule has 1 aliphatic heterocycles. The van der Waals surface area contributed by atoms with E-state index in [-0.39, 0.29) is 5.56 Å². The van der Waals surface area contributed by atoms with Gasteiger partial charge in [0, 0.05) is 0 Å². The SMILES string of the molecule is Cc1ccc(C(=O)O)cc1N1C(=O)c2ccccc2C1=O. The predicted octanol–water partition coefficient (Wildman–Crippen LogP) is 2.49. The molecule has 0 bridgehead atoms. The van der Waals surface area contributed by atoms with Crippen LogP contribution in [0.5, 0.6) is 0 Å². The topological polar surface area (TPSA) is 74.7 Å². The van der Waals surface area contributed by atoms with Gasteiger partial charge in [-0.15, -0.1) is 0 Å². The second kappa shape index (κ2) is 4.56. The fraction of sp³-hybridized carbons (Fsp3) is 0.0625. The van der Waals surface area contributed by atoms with Crippen LogP contribution >= 0.6 is 0 Å². The first-order valence-corrected chi connectivity index (χ1v) is 6.32. The Hall–Kier alpha value is -2.95. The number of hydrogen-bond donors (Lipinski definition) is 1. The Bertz CT molecular complexity index is 760. The predicted molar refractivity (Wildman–Crippen MR) is 75.7 cm³/mol. The normalized spacial score (nSPS) is 13.5. The van der Waals surface area contributed by atoms with Gasteiger partial charge >= 0.3 is 5.97 Å². The number of benzene rings is 2. The van der Waals surface area contributed by atoms with Gasteiger partial charge in [0.05, 0.1) is 22.4 Å². The zero-order chi connectivity index (χ0) is 15.1. The maximum atomic E-state index is 12.4. The zero-order valence-corrected chi connectivity index (χ0v) is 11.2. The number of aromatic carboxylic acids is 1. The van der Waals surface area contributed by atoms with Gasteiger partial charge in [0.2, 0.25) is 0 Å². The minimum atomic E-state index is -1.10. The molecule has 1 aliphatic rings. The number of carboxylic acids is 1.